The first kappa shape index (κ1) is 22.3. The summed E-state index contributed by atoms with van der Waals surface area (Å²) in [5, 5.41) is 6.82. The van der Waals surface area contributed by atoms with Crippen LogP contribution in [0.25, 0.3) is 0 Å². The lowest BCUT2D eigenvalue weighted by molar-refractivity contribution is 1.07. The molecule has 0 heterocycles. The number of benzene rings is 2. The molecule has 2 aromatic carbocycles. The van der Waals surface area contributed by atoms with Crippen molar-refractivity contribution in [3.8, 4) is 0 Å². The smallest absolute Gasteiger partial charge is 0.0630 e. The molecule has 0 saturated heterocycles. The van der Waals surface area contributed by atoms with Gasteiger partial charge in [-0.2, -0.15) is 0 Å². The molecule has 0 aliphatic heterocycles. The summed E-state index contributed by atoms with van der Waals surface area (Å²) in [4.78, 5) is 0. The zero-order chi connectivity index (χ0) is 16.3. The Morgan fingerprint density at radius 3 is 1.09 bits per heavy atom. The predicted octanol–water partition coefficient (Wildman–Crippen LogP) is 8.21. The van der Waals surface area contributed by atoms with Gasteiger partial charge in [-0.1, -0.05) is 31.9 Å². The van der Waals surface area contributed by atoms with Gasteiger partial charge in [0.05, 0.1) is 11.4 Å². The first-order valence-corrected chi connectivity index (χ1v) is 10.9. The molecule has 23 heavy (non-hydrogen) atoms. The van der Waals surface area contributed by atoms with Gasteiger partial charge in [-0.3, -0.25) is 0 Å². The van der Waals surface area contributed by atoms with Crippen molar-refractivity contribution in [2.45, 2.75) is 0 Å². The van der Waals surface area contributed by atoms with E-state index < -0.39 is 0 Å². The molecule has 0 bridgehead atoms. The molecule has 2 aromatic rings. The van der Waals surface area contributed by atoms with E-state index in [1.807, 2.05) is 24.3 Å². The number of hydrogen-bond donors (Lipinski definition) is 2. The quantitative estimate of drug-likeness (QED) is 0.305. The van der Waals surface area contributed by atoms with Crippen LogP contribution in [0.1, 0.15) is 0 Å². The standard InChI is InChI=1S/C14H10Br6N2.ClH/c15-7-3-9(17)13(10(18)4-7)21-1-2-22-14-11(19)5-8(16)6-12(14)20;/h3-6,21-22H,1-2H2;1H. The predicted molar refractivity (Wildman–Crippen MR) is 123 cm³/mol. The molecule has 0 fully saturated rings. The van der Waals surface area contributed by atoms with Crippen LogP contribution in [0.15, 0.2) is 51.1 Å². The van der Waals surface area contributed by atoms with Crippen LogP contribution in [-0.4, -0.2) is 13.1 Å². The van der Waals surface area contributed by atoms with E-state index in [9.17, 15) is 0 Å². The lowest BCUT2D eigenvalue weighted by atomic mass is 10.3. The van der Waals surface area contributed by atoms with Gasteiger partial charge in [0.15, 0.2) is 0 Å². The van der Waals surface area contributed by atoms with Crippen LogP contribution in [0, 0.1) is 0 Å². The van der Waals surface area contributed by atoms with E-state index in [1.54, 1.807) is 0 Å². The Labute approximate surface area is 192 Å². The Bertz CT molecular complexity index is 589. The van der Waals surface area contributed by atoms with Crippen molar-refractivity contribution in [3.05, 3.63) is 51.1 Å². The van der Waals surface area contributed by atoms with E-state index in [0.29, 0.717) is 0 Å². The van der Waals surface area contributed by atoms with Crippen molar-refractivity contribution >= 4 is 119 Å². The monoisotopic (exact) mass is 716 g/mol. The average Bonchev–Trinajstić information content (AvgIpc) is 2.38. The highest BCUT2D eigenvalue weighted by Crippen LogP contribution is 2.35. The summed E-state index contributed by atoms with van der Waals surface area (Å²) in [5.41, 5.74) is 2.08. The van der Waals surface area contributed by atoms with Crippen molar-refractivity contribution in [1.82, 2.24) is 0 Å². The SMILES string of the molecule is Brc1cc(Br)c(NCCNc2c(Br)cc(Br)cc2Br)c(Br)c1.Cl. The van der Waals surface area contributed by atoms with Gasteiger partial charge in [-0.25, -0.2) is 0 Å². The summed E-state index contributed by atoms with van der Waals surface area (Å²) in [5.74, 6) is 0. The fourth-order valence-electron chi connectivity index (χ4n) is 1.80. The summed E-state index contributed by atoms with van der Waals surface area (Å²) < 4.78 is 6.11. The van der Waals surface area contributed by atoms with Crippen molar-refractivity contribution in [3.63, 3.8) is 0 Å². The van der Waals surface area contributed by atoms with E-state index in [-0.39, 0.29) is 12.4 Å². The third kappa shape index (κ3) is 6.46. The second-order valence-electron chi connectivity index (χ2n) is 4.34. The number of rotatable bonds is 5. The molecular formula is C14H11Br6ClN2. The lowest BCUT2D eigenvalue weighted by Crippen LogP contribution is -2.14. The minimum absolute atomic E-state index is 0. The van der Waals surface area contributed by atoms with Crippen LogP contribution >= 0.6 is 108 Å². The zero-order valence-corrected chi connectivity index (χ0v) is 21.7. The van der Waals surface area contributed by atoms with E-state index in [2.05, 4.69) is 106 Å². The molecule has 2 nitrogen and oxygen atoms in total. The summed E-state index contributed by atoms with van der Waals surface area (Å²) in [6.07, 6.45) is 0. The molecule has 0 atom stereocenters. The fraction of sp³-hybridized carbons (Fsp3) is 0.143. The van der Waals surface area contributed by atoms with Crippen molar-refractivity contribution in [1.29, 1.82) is 0 Å². The molecule has 0 radical (unpaired) electrons. The maximum Gasteiger partial charge on any atom is 0.0630 e. The number of nitrogens with one attached hydrogen (secondary N) is 2. The summed E-state index contributed by atoms with van der Waals surface area (Å²) in [6.45, 7) is 1.57. The molecule has 0 spiro atoms. The molecule has 2 rings (SSSR count). The van der Waals surface area contributed by atoms with Crippen LogP contribution in [0.4, 0.5) is 11.4 Å². The van der Waals surface area contributed by atoms with Gasteiger partial charge in [-0.15, -0.1) is 12.4 Å². The zero-order valence-electron chi connectivity index (χ0n) is 11.4. The molecule has 0 amide bonds. The second kappa shape index (κ2) is 10.4. The van der Waals surface area contributed by atoms with Crippen LogP contribution < -0.4 is 10.6 Å². The molecule has 0 unspecified atom stereocenters. The normalized spacial score (nSPS) is 10.2. The minimum atomic E-state index is 0. The third-order valence-corrected chi connectivity index (χ3v) is 6.16. The molecule has 0 saturated carbocycles. The van der Waals surface area contributed by atoms with Gasteiger partial charge in [-0.05, 0) is 88.0 Å². The molecule has 126 valence electrons. The molecule has 0 aromatic heterocycles. The maximum absolute atomic E-state index is 3.56. The topological polar surface area (TPSA) is 24.1 Å². The molecule has 0 aliphatic rings. The van der Waals surface area contributed by atoms with Crippen LogP contribution in [0.5, 0.6) is 0 Å². The van der Waals surface area contributed by atoms with E-state index in [1.165, 1.54) is 0 Å². The van der Waals surface area contributed by atoms with Crippen LogP contribution in [-0.2, 0) is 0 Å². The van der Waals surface area contributed by atoms with Gasteiger partial charge in [0, 0.05) is 39.9 Å². The average molecular weight is 722 g/mol. The first-order chi connectivity index (χ1) is 10.4. The van der Waals surface area contributed by atoms with Crippen molar-refractivity contribution in [2.75, 3.05) is 23.7 Å². The van der Waals surface area contributed by atoms with E-state index in [4.69, 9.17) is 0 Å². The highest BCUT2D eigenvalue weighted by atomic mass is 79.9. The Morgan fingerprint density at radius 1 is 0.565 bits per heavy atom. The second-order valence-corrected chi connectivity index (χ2v) is 9.59. The van der Waals surface area contributed by atoms with Gasteiger partial charge >= 0.3 is 0 Å². The Kier molecular flexibility index (Phi) is 10.0. The molecule has 9 heteroatoms. The number of hydrogen-bond acceptors (Lipinski definition) is 2. The van der Waals surface area contributed by atoms with E-state index >= 15 is 0 Å². The lowest BCUT2D eigenvalue weighted by Gasteiger charge is -2.14. The fourth-order valence-corrected chi connectivity index (χ4v) is 6.88. The van der Waals surface area contributed by atoms with Crippen molar-refractivity contribution < 1.29 is 0 Å². The first-order valence-electron chi connectivity index (χ1n) is 6.15. The third-order valence-electron chi connectivity index (χ3n) is 2.74. The number of halogens is 7. The number of anilines is 2. The molecular weight excluding hydrogens is 711 g/mol. The van der Waals surface area contributed by atoms with Gasteiger partial charge in [0.1, 0.15) is 0 Å². The molecule has 2 N–H and O–H groups in total. The summed E-state index contributed by atoms with van der Waals surface area (Å²) in [6, 6.07) is 8.07. The van der Waals surface area contributed by atoms with Crippen LogP contribution in [0.2, 0.25) is 0 Å². The van der Waals surface area contributed by atoms with E-state index in [0.717, 1.165) is 51.3 Å². The van der Waals surface area contributed by atoms with Gasteiger partial charge in [0.25, 0.3) is 0 Å². The Morgan fingerprint density at radius 2 is 0.826 bits per heavy atom. The maximum atomic E-state index is 3.56. The molecule has 0 aliphatic carbocycles. The summed E-state index contributed by atoms with van der Waals surface area (Å²) >= 11 is 21.2. The van der Waals surface area contributed by atoms with Crippen LogP contribution in [0.3, 0.4) is 0 Å². The highest BCUT2D eigenvalue weighted by molar-refractivity contribution is 9.12. The Balaban J connectivity index is 0.00000264. The summed E-state index contributed by atoms with van der Waals surface area (Å²) in [7, 11) is 0. The minimum Gasteiger partial charge on any atom is -0.381 e. The van der Waals surface area contributed by atoms with Gasteiger partial charge in [0.2, 0.25) is 0 Å². The Hall–Kier alpha value is 1.21. The highest BCUT2D eigenvalue weighted by Gasteiger charge is 2.08. The van der Waals surface area contributed by atoms with Gasteiger partial charge < -0.3 is 10.6 Å². The van der Waals surface area contributed by atoms with Crippen molar-refractivity contribution in [2.24, 2.45) is 0 Å². The largest absolute Gasteiger partial charge is 0.381 e.